The minimum atomic E-state index is -0.361. The molecule has 0 fully saturated rings. The highest BCUT2D eigenvalue weighted by molar-refractivity contribution is 5.97. The second-order valence-corrected chi connectivity index (χ2v) is 6.64. The van der Waals surface area contributed by atoms with Crippen molar-refractivity contribution >= 4 is 11.0 Å². The molecule has 1 heterocycles. The summed E-state index contributed by atoms with van der Waals surface area (Å²) in [5.74, 6) is 1.65. The maximum absolute atomic E-state index is 13.8. The molecule has 0 unspecified atom stereocenters. The van der Waals surface area contributed by atoms with E-state index < -0.39 is 0 Å². The molecule has 3 rings (SSSR count). The van der Waals surface area contributed by atoms with Gasteiger partial charge in [-0.15, -0.1) is 0 Å². The molecule has 0 aliphatic heterocycles. The fraction of sp³-hybridized carbons (Fsp3) is 0.400. The van der Waals surface area contributed by atoms with Crippen molar-refractivity contribution in [2.24, 2.45) is 0 Å². The number of ether oxygens (including phenoxy) is 5. The van der Waals surface area contributed by atoms with Crippen molar-refractivity contribution in [1.29, 1.82) is 0 Å². The van der Waals surface area contributed by atoms with E-state index in [0.717, 1.165) is 0 Å². The van der Waals surface area contributed by atoms with Crippen LogP contribution in [0.5, 0.6) is 28.7 Å². The van der Waals surface area contributed by atoms with Crippen LogP contribution in [0.3, 0.4) is 0 Å². The van der Waals surface area contributed by atoms with Crippen molar-refractivity contribution in [2.75, 3.05) is 33.0 Å². The molecule has 0 radical (unpaired) electrons. The molecule has 0 saturated heterocycles. The third-order valence-electron chi connectivity index (χ3n) is 4.60. The van der Waals surface area contributed by atoms with Crippen molar-refractivity contribution in [3.63, 3.8) is 0 Å². The largest absolute Gasteiger partial charge is 0.489 e. The molecule has 1 aromatic heterocycles. The van der Waals surface area contributed by atoms with Gasteiger partial charge in [0, 0.05) is 5.56 Å². The Labute approximate surface area is 187 Å². The number of rotatable bonds is 11. The van der Waals surface area contributed by atoms with Crippen LogP contribution in [-0.4, -0.2) is 33.0 Å². The molecular weight excluding hydrogens is 412 g/mol. The summed E-state index contributed by atoms with van der Waals surface area (Å²) in [7, 11) is 0. The van der Waals surface area contributed by atoms with Gasteiger partial charge in [0.1, 0.15) is 5.39 Å². The summed E-state index contributed by atoms with van der Waals surface area (Å²) >= 11 is 0. The quantitative estimate of drug-likeness (QED) is 0.391. The average Bonchev–Trinajstić information content (AvgIpc) is 2.80. The van der Waals surface area contributed by atoms with Crippen molar-refractivity contribution < 1.29 is 28.1 Å². The van der Waals surface area contributed by atoms with Crippen LogP contribution in [0, 0.1) is 0 Å². The van der Waals surface area contributed by atoms with Crippen LogP contribution in [0.1, 0.15) is 34.6 Å². The van der Waals surface area contributed by atoms with Gasteiger partial charge in [-0.2, -0.15) is 0 Å². The first kappa shape index (κ1) is 23.3. The number of fused-ring (bicyclic) bond motifs is 1. The van der Waals surface area contributed by atoms with Gasteiger partial charge >= 0.3 is 0 Å². The monoisotopic (exact) mass is 442 g/mol. The summed E-state index contributed by atoms with van der Waals surface area (Å²) < 4.78 is 35.7. The van der Waals surface area contributed by atoms with E-state index in [1.54, 1.807) is 0 Å². The minimum absolute atomic E-state index is 0.112. The van der Waals surface area contributed by atoms with Gasteiger partial charge < -0.3 is 28.1 Å². The first-order chi connectivity index (χ1) is 15.6. The van der Waals surface area contributed by atoms with Crippen LogP contribution in [0.2, 0.25) is 0 Å². The Morgan fingerprint density at radius 1 is 0.625 bits per heavy atom. The normalized spacial score (nSPS) is 10.8. The Balaban J connectivity index is 2.54. The standard InChI is InChI=1S/C25H30O7/c1-6-27-20-17-18(26)22(28-7-2)19(16-14-12-11-13-15-16)32-21(17)24(30-9-4)25(31-10-5)23(20)29-8-3/h11-15H,6-10H2,1-5H3. The summed E-state index contributed by atoms with van der Waals surface area (Å²) in [5, 5.41) is 0.199. The number of hydrogen-bond donors (Lipinski definition) is 0. The topological polar surface area (TPSA) is 76.4 Å². The molecule has 0 atom stereocenters. The Kier molecular flexibility index (Phi) is 7.87. The van der Waals surface area contributed by atoms with E-state index in [2.05, 4.69) is 0 Å². The molecule has 0 amide bonds. The van der Waals surface area contributed by atoms with Gasteiger partial charge in [-0.1, -0.05) is 30.3 Å². The summed E-state index contributed by atoms with van der Waals surface area (Å²) in [6.07, 6.45) is 0. The summed E-state index contributed by atoms with van der Waals surface area (Å²) in [4.78, 5) is 13.8. The molecule has 32 heavy (non-hydrogen) atoms. The molecule has 0 spiro atoms. The third-order valence-corrected chi connectivity index (χ3v) is 4.60. The zero-order chi connectivity index (χ0) is 23.1. The van der Waals surface area contributed by atoms with Crippen LogP contribution >= 0.6 is 0 Å². The number of benzene rings is 2. The highest BCUT2D eigenvalue weighted by Gasteiger charge is 2.31. The van der Waals surface area contributed by atoms with Crippen LogP contribution in [0.15, 0.2) is 39.5 Å². The Morgan fingerprint density at radius 2 is 1.09 bits per heavy atom. The SMILES string of the molecule is CCOc1c(OCC)c(OCC)c2c(=O)c(OCC)c(-c3ccccc3)oc2c1OCC. The Bertz CT molecular complexity index is 1100. The maximum Gasteiger partial charge on any atom is 0.239 e. The van der Waals surface area contributed by atoms with E-state index in [1.165, 1.54) is 0 Å². The first-order valence-corrected chi connectivity index (χ1v) is 11.0. The van der Waals surface area contributed by atoms with Gasteiger partial charge in [0.05, 0.1) is 33.0 Å². The second-order valence-electron chi connectivity index (χ2n) is 6.64. The third kappa shape index (κ3) is 4.33. The maximum atomic E-state index is 13.8. The lowest BCUT2D eigenvalue weighted by Crippen LogP contribution is -2.14. The predicted molar refractivity (Wildman–Crippen MR) is 124 cm³/mol. The summed E-state index contributed by atoms with van der Waals surface area (Å²) in [6.45, 7) is 10.9. The van der Waals surface area contributed by atoms with Gasteiger partial charge in [-0.3, -0.25) is 4.79 Å². The second kappa shape index (κ2) is 10.8. The van der Waals surface area contributed by atoms with Crippen molar-refractivity contribution in [2.45, 2.75) is 34.6 Å². The molecule has 0 N–H and O–H groups in total. The van der Waals surface area contributed by atoms with E-state index >= 15 is 0 Å². The fourth-order valence-electron chi connectivity index (χ4n) is 3.47. The minimum Gasteiger partial charge on any atom is -0.489 e. The number of hydrogen-bond acceptors (Lipinski definition) is 7. The molecule has 7 heteroatoms. The van der Waals surface area contributed by atoms with Crippen LogP contribution in [0.4, 0.5) is 0 Å². The molecule has 7 nitrogen and oxygen atoms in total. The van der Waals surface area contributed by atoms with E-state index in [1.807, 2.05) is 65.0 Å². The lowest BCUT2D eigenvalue weighted by Gasteiger charge is -2.21. The molecule has 0 aliphatic rings. The Morgan fingerprint density at radius 3 is 1.66 bits per heavy atom. The molecule has 2 aromatic carbocycles. The summed E-state index contributed by atoms with van der Waals surface area (Å²) in [5.41, 5.74) is 0.581. The molecular formula is C25H30O7. The average molecular weight is 443 g/mol. The van der Waals surface area contributed by atoms with Gasteiger partial charge in [0.2, 0.25) is 28.4 Å². The molecule has 3 aromatic rings. The van der Waals surface area contributed by atoms with Crippen LogP contribution < -0.4 is 29.1 Å². The van der Waals surface area contributed by atoms with Crippen LogP contribution in [-0.2, 0) is 0 Å². The van der Waals surface area contributed by atoms with Crippen molar-refractivity contribution in [1.82, 2.24) is 0 Å². The molecule has 172 valence electrons. The van der Waals surface area contributed by atoms with Gasteiger partial charge in [-0.25, -0.2) is 0 Å². The zero-order valence-electron chi connectivity index (χ0n) is 19.3. The summed E-state index contributed by atoms with van der Waals surface area (Å²) in [6, 6.07) is 9.34. The van der Waals surface area contributed by atoms with E-state index in [9.17, 15) is 4.79 Å². The fourth-order valence-corrected chi connectivity index (χ4v) is 3.47. The first-order valence-electron chi connectivity index (χ1n) is 11.0. The zero-order valence-corrected chi connectivity index (χ0v) is 19.3. The highest BCUT2D eigenvalue weighted by Crippen LogP contribution is 2.52. The molecule has 0 bridgehead atoms. The molecule has 0 aliphatic carbocycles. The van der Waals surface area contributed by atoms with E-state index in [-0.39, 0.29) is 27.9 Å². The smallest absolute Gasteiger partial charge is 0.239 e. The van der Waals surface area contributed by atoms with Crippen LogP contribution in [0.25, 0.3) is 22.3 Å². The van der Waals surface area contributed by atoms with E-state index in [4.69, 9.17) is 28.1 Å². The van der Waals surface area contributed by atoms with Crippen molar-refractivity contribution in [3.8, 4) is 40.1 Å². The predicted octanol–water partition coefficient (Wildman–Crippen LogP) is 5.45. The lowest BCUT2D eigenvalue weighted by molar-refractivity contribution is 0.245. The van der Waals surface area contributed by atoms with Gasteiger partial charge in [-0.05, 0) is 34.6 Å². The van der Waals surface area contributed by atoms with Crippen molar-refractivity contribution in [3.05, 3.63) is 40.6 Å². The lowest BCUT2D eigenvalue weighted by atomic mass is 10.1. The Hall–Kier alpha value is -3.35. The van der Waals surface area contributed by atoms with Gasteiger partial charge in [0.15, 0.2) is 17.1 Å². The van der Waals surface area contributed by atoms with Gasteiger partial charge in [0.25, 0.3) is 0 Å². The molecule has 0 saturated carbocycles. The highest BCUT2D eigenvalue weighted by atomic mass is 16.6. The van der Waals surface area contributed by atoms with E-state index in [0.29, 0.717) is 61.6 Å².